The van der Waals surface area contributed by atoms with E-state index in [9.17, 15) is 4.79 Å². The first-order chi connectivity index (χ1) is 9.40. The number of carboxylic acid groups (broad SMARTS) is 1. The lowest BCUT2D eigenvalue weighted by atomic mass is 9.93. The first-order valence-electron chi connectivity index (χ1n) is 6.68. The van der Waals surface area contributed by atoms with Crippen LogP contribution in [-0.2, 0) is 4.79 Å². The topological polar surface area (TPSA) is 63.3 Å². The van der Waals surface area contributed by atoms with Gasteiger partial charge in [0.15, 0.2) is 0 Å². The van der Waals surface area contributed by atoms with Crippen molar-refractivity contribution >= 4 is 17.6 Å². The molecule has 4 heteroatoms. The zero-order valence-corrected chi connectivity index (χ0v) is 13.0. The van der Waals surface area contributed by atoms with Gasteiger partial charge in [-0.1, -0.05) is 61.9 Å². The standard InChI is InChI=1S/C8H13ClO2.C8H11N/c1-6(2)7(8(10)11)4-3-5-9;1-7(9)8-5-3-2-4-6-8/h3,5-7H,4H2,1-2H3,(H,10,11);2-7H,9H2,1H3/t;7-/m.0/s1. The molecule has 3 nitrogen and oxygen atoms in total. The van der Waals surface area contributed by atoms with Gasteiger partial charge < -0.3 is 10.8 Å². The van der Waals surface area contributed by atoms with Crippen LogP contribution in [0.2, 0.25) is 0 Å². The van der Waals surface area contributed by atoms with Crippen molar-refractivity contribution in [2.45, 2.75) is 33.2 Å². The summed E-state index contributed by atoms with van der Waals surface area (Å²) >= 11 is 5.28. The zero-order chi connectivity index (χ0) is 15.5. The average molecular weight is 298 g/mol. The Morgan fingerprint density at radius 1 is 1.30 bits per heavy atom. The van der Waals surface area contributed by atoms with Crippen molar-refractivity contribution in [2.24, 2.45) is 17.6 Å². The molecule has 3 N–H and O–H groups in total. The van der Waals surface area contributed by atoms with Gasteiger partial charge in [-0.05, 0) is 24.8 Å². The molecule has 1 aromatic rings. The molecule has 0 spiro atoms. The summed E-state index contributed by atoms with van der Waals surface area (Å²) in [6, 6.07) is 10.2. The highest BCUT2D eigenvalue weighted by Gasteiger charge is 2.19. The Labute approximate surface area is 126 Å². The fourth-order valence-corrected chi connectivity index (χ4v) is 1.72. The second kappa shape index (κ2) is 10.5. The number of aliphatic carboxylic acids is 1. The normalized spacial score (nSPS) is 13.7. The van der Waals surface area contributed by atoms with Gasteiger partial charge in [-0.25, -0.2) is 0 Å². The third-order valence-electron chi connectivity index (χ3n) is 2.93. The average Bonchev–Trinajstić information content (AvgIpc) is 2.40. The number of carbonyl (C=O) groups is 1. The number of halogens is 1. The van der Waals surface area contributed by atoms with E-state index in [0.29, 0.717) is 6.42 Å². The molecular weight excluding hydrogens is 274 g/mol. The van der Waals surface area contributed by atoms with Crippen molar-refractivity contribution in [3.05, 3.63) is 47.5 Å². The number of hydrogen-bond acceptors (Lipinski definition) is 2. The van der Waals surface area contributed by atoms with Crippen molar-refractivity contribution in [1.29, 1.82) is 0 Å². The number of rotatable bonds is 5. The van der Waals surface area contributed by atoms with Gasteiger partial charge in [0, 0.05) is 11.6 Å². The Bertz CT molecular complexity index is 402. The molecule has 112 valence electrons. The molecule has 0 aliphatic rings. The molecule has 0 aromatic heterocycles. The molecule has 0 aliphatic heterocycles. The predicted molar refractivity (Wildman–Crippen MR) is 84.6 cm³/mol. The summed E-state index contributed by atoms with van der Waals surface area (Å²) in [4.78, 5) is 10.6. The third-order valence-corrected chi connectivity index (χ3v) is 3.10. The van der Waals surface area contributed by atoms with Crippen LogP contribution in [0.3, 0.4) is 0 Å². The molecule has 0 fully saturated rings. The van der Waals surface area contributed by atoms with E-state index < -0.39 is 5.97 Å². The fourth-order valence-electron chi connectivity index (χ4n) is 1.61. The predicted octanol–water partition coefficient (Wildman–Crippen LogP) is 4.19. The molecule has 1 aromatic carbocycles. The van der Waals surface area contributed by atoms with Crippen molar-refractivity contribution < 1.29 is 9.90 Å². The van der Waals surface area contributed by atoms with Gasteiger partial charge in [0.1, 0.15) is 0 Å². The molecule has 0 radical (unpaired) electrons. The minimum Gasteiger partial charge on any atom is -0.481 e. The quantitative estimate of drug-likeness (QED) is 0.856. The smallest absolute Gasteiger partial charge is 0.307 e. The molecular formula is C16H24ClNO2. The summed E-state index contributed by atoms with van der Waals surface area (Å²) in [6.07, 6.45) is 2.18. The fraction of sp³-hybridized carbons (Fsp3) is 0.438. The third kappa shape index (κ3) is 7.97. The Balaban J connectivity index is 0.000000367. The molecule has 0 aliphatic carbocycles. The first-order valence-corrected chi connectivity index (χ1v) is 7.12. The maximum Gasteiger partial charge on any atom is 0.307 e. The van der Waals surface area contributed by atoms with Crippen LogP contribution in [-0.4, -0.2) is 11.1 Å². The minimum atomic E-state index is -0.755. The highest BCUT2D eigenvalue weighted by Crippen LogP contribution is 2.15. The Kier molecular flexibility index (Phi) is 9.77. The SMILES string of the molecule is CC(C)C(CC=CCl)C(=O)O.C[C@H](N)c1ccccc1. The maximum absolute atomic E-state index is 10.6. The molecule has 0 saturated carbocycles. The second-order valence-corrected chi connectivity index (χ2v) is 5.24. The van der Waals surface area contributed by atoms with Crippen molar-refractivity contribution in [3.8, 4) is 0 Å². The number of nitrogens with two attached hydrogens (primary N) is 1. The van der Waals surface area contributed by atoms with E-state index in [4.69, 9.17) is 22.4 Å². The van der Waals surface area contributed by atoms with Gasteiger partial charge in [0.05, 0.1) is 5.92 Å². The Morgan fingerprint density at radius 3 is 2.15 bits per heavy atom. The van der Waals surface area contributed by atoms with Gasteiger partial charge in [-0.15, -0.1) is 0 Å². The molecule has 0 bridgehead atoms. The van der Waals surface area contributed by atoms with Gasteiger partial charge in [0.25, 0.3) is 0 Å². The van der Waals surface area contributed by atoms with E-state index in [1.807, 2.05) is 51.1 Å². The summed E-state index contributed by atoms with van der Waals surface area (Å²) in [5.41, 5.74) is 8.17. The van der Waals surface area contributed by atoms with Crippen LogP contribution in [0.25, 0.3) is 0 Å². The van der Waals surface area contributed by atoms with Gasteiger partial charge in [-0.3, -0.25) is 4.79 Å². The molecule has 0 saturated heterocycles. The van der Waals surface area contributed by atoms with E-state index in [2.05, 4.69) is 0 Å². The second-order valence-electron chi connectivity index (χ2n) is 4.99. The summed E-state index contributed by atoms with van der Waals surface area (Å²) in [5.74, 6) is -0.917. The van der Waals surface area contributed by atoms with Crippen LogP contribution in [0, 0.1) is 11.8 Å². The van der Waals surface area contributed by atoms with Crippen molar-refractivity contribution in [3.63, 3.8) is 0 Å². The van der Waals surface area contributed by atoms with Crippen LogP contribution in [0.4, 0.5) is 0 Å². The van der Waals surface area contributed by atoms with E-state index in [1.54, 1.807) is 6.08 Å². The van der Waals surface area contributed by atoms with E-state index >= 15 is 0 Å². The molecule has 0 amide bonds. The monoisotopic (exact) mass is 297 g/mol. The van der Waals surface area contributed by atoms with Crippen LogP contribution < -0.4 is 5.73 Å². The van der Waals surface area contributed by atoms with E-state index in [1.165, 1.54) is 11.1 Å². The number of carboxylic acids is 1. The molecule has 20 heavy (non-hydrogen) atoms. The highest BCUT2D eigenvalue weighted by molar-refractivity contribution is 6.25. The van der Waals surface area contributed by atoms with E-state index in [-0.39, 0.29) is 17.9 Å². The largest absolute Gasteiger partial charge is 0.481 e. The lowest BCUT2D eigenvalue weighted by Gasteiger charge is -2.12. The van der Waals surface area contributed by atoms with Gasteiger partial charge in [-0.2, -0.15) is 0 Å². The number of allylic oxidation sites excluding steroid dienone is 1. The summed E-state index contributed by atoms with van der Waals surface area (Å²) in [5, 5.41) is 8.69. The summed E-state index contributed by atoms with van der Waals surface area (Å²) in [6.45, 7) is 5.76. The molecule has 1 unspecified atom stereocenters. The van der Waals surface area contributed by atoms with E-state index in [0.717, 1.165) is 0 Å². The maximum atomic E-state index is 10.6. The molecule has 2 atom stereocenters. The van der Waals surface area contributed by atoms with Crippen molar-refractivity contribution in [1.82, 2.24) is 0 Å². The Hall–Kier alpha value is -1.32. The highest BCUT2D eigenvalue weighted by atomic mass is 35.5. The number of benzene rings is 1. The van der Waals surface area contributed by atoms with Crippen LogP contribution in [0.15, 0.2) is 41.9 Å². The van der Waals surface area contributed by atoms with Gasteiger partial charge >= 0.3 is 5.97 Å². The first kappa shape index (κ1) is 18.7. The molecule has 1 rings (SSSR count). The lowest BCUT2D eigenvalue weighted by Crippen LogP contribution is -2.18. The minimum absolute atomic E-state index is 0.153. The van der Waals surface area contributed by atoms with Gasteiger partial charge in [0.2, 0.25) is 0 Å². The van der Waals surface area contributed by atoms with Crippen LogP contribution in [0.5, 0.6) is 0 Å². The van der Waals surface area contributed by atoms with Crippen LogP contribution in [0.1, 0.15) is 38.8 Å². The summed E-state index contributed by atoms with van der Waals surface area (Å²) in [7, 11) is 0. The summed E-state index contributed by atoms with van der Waals surface area (Å²) < 4.78 is 0. The molecule has 0 heterocycles. The number of hydrogen-bond donors (Lipinski definition) is 2. The zero-order valence-electron chi connectivity index (χ0n) is 12.3. The van der Waals surface area contributed by atoms with Crippen LogP contribution >= 0.6 is 11.6 Å². The lowest BCUT2D eigenvalue weighted by molar-refractivity contribution is -0.143. The Morgan fingerprint density at radius 2 is 1.85 bits per heavy atom. The van der Waals surface area contributed by atoms with Crippen molar-refractivity contribution in [2.75, 3.05) is 0 Å².